The lowest BCUT2D eigenvalue weighted by Crippen LogP contribution is -2.34. The predicted molar refractivity (Wildman–Crippen MR) is 117 cm³/mol. The van der Waals surface area contributed by atoms with Gasteiger partial charge >= 0.3 is 0 Å². The average molecular weight is 445 g/mol. The maximum absolute atomic E-state index is 13.0. The van der Waals surface area contributed by atoms with Gasteiger partial charge in [0, 0.05) is 26.1 Å². The number of rotatable bonds is 8. The Labute approximate surface area is 187 Å². The second kappa shape index (κ2) is 9.16. The average Bonchev–Trinajstić information content (AvgIpc) is 3.38. The first kappa shape index (κ1) is 22.7. The maximum atomic E-state index is 13.0. The number of nitrogens with zero attached hydrogens (tertiary/aromatic N) is 1. The molecule has 1 amide bonds. The number of hydrogen-bond acceptors (Lipinski definition) is 4. The van der Waals surface area contributed by atoms with Crippen molar-refractivity contribution in [1.29, 1.82) is 0 Å². The van der Waals surface area contributed by atoms with E-state index >= 15 is 0 Å². The van der Waals surface area contributed by atoms with Crippen LogP contribution >= 0.6 is 0 Å². The molecule has 0 radical (unpaired) electrons. The lowest BCUT2D eigenvalue weighted by molar-refractivity contribution is -0.129. The third kappa shape index (κ3) is 5.45. The summed E-state index contributed by atoms with van der Waals surface area (Å²) in [5.41, 5.74) is 4.64. The number of amides is 1. The molecule has 4 rings (SSSR count). The lowest BCUT2D eigenvalue weighted by Gasteiger charge is -2.29. The van der Waals surface area contributed by atoms with E-state index in [1.54, 1.807) is 0 Å². The van der Waals surface area contributed by atoms with Gasteiger partial charge in [-0.1, -0.05) is 30.3 Å². The second-order valence-electron chi connectivity index (χ2n) is 9.01. The molecule has 1 unspecified atom stereocenters. The minimum atomic E-state index is -2.54. The Morgan fingerprint density at radius 1 is 1.22 bits per heavy atom. The molecule has 0 saturated heterocycles. The SMILES string of the molecule is CC(O)C(=O)N[C@@H](C)c1ccc(CN2CCc3cc(OC[C@@H]4CC4(F)F)ccc3C2)cc1. The van der Waals surface area contributed by atoms with Gasteiger partial charge < -0.3 is 15.2 Å². The number of benzene rings is 2. The molecule has 0 bridgehead atoms. The van der Waals surface area contributed by atoms with Crippen LogP contribution in [0.5, 0.6) is 5.75 Å². The van der Waals surface area contributed by atoms with Crippen LogP contribution in [0.4, 0.5) is 8.78 Å². The third-order valence-corrected chi connectivity index (χ3v) is 6.30. The molecule has 172 valence electrons. The number of halogens is 2. The van der Waals surface area contributed by atoms with Gasteiger partial charge in [-0.05, 0) is 54.7 Å². The molecule has 1 aliphatic carbocycles. The zero-order chi connectivity index (χ0) is 22.9. The normalized spacial score (nSPS) is 21.3. The van der Waals surface area contributed by atoms with Crippen molar-refractivity contribution in [3.05, 3.63) is 64.7 Å². The summed E-state index contributed by atoms with van der Waals surface area (Å²) in [4.78, 5) is 14.0. The van der Waals surface area contributed by atoms with Crippen molar-refractivity contribution < 1.29 is 23.4 Å². The minimum Gasteiger partial charge on any atom is -0.493 e. The smallest absolute Gasteiger partial charge is 0.255 e. The van der Waals surface area contributed by atoms with Gasteiger partial charge in [0.05, 0.1) is 18.6 Å². The van der Waals surface area contributed by atoms with Crippen molar-refractivity contribution in [2.75, 3.05) is 13.2 Å². The molecular weight excluding hydrogens is 414 g/mol. The number of fused-ring (bicyclic) bond motifs is 1. The summed E-state index contributed by atoms with van der Waals surface area (Å²) >= 11 is 0. The van der Waals surface area contributed by atoms with E-state index in [1.807, 2.05) is 37.3 Å². The van der Waals surface area contributed by atoms with Crippen LogP contribution in [-0.4, -0.2) is 41.1 Å². The summed E-state index contributed by atoms with van der Waals surface area (Å²) in [5, 5.41) is 12.1. The number of aliphatic hydroxyl groups is 1. The van der Waals surface area contributed by atoms with Crippen LogP contribution in [0.25, 0.3) is 0 Å². The highest BCUT2D eigenvalue weighted by atomic mass is 19.3. The molecule has 2 aliphatic rings. The summed E-state index contributed by atoms with van der Waals surface area (Å²) < 4.78 is 31.6. The second-order valence-corrected chi connectivity index (χ2v) is 9.01. The maximum Gasteiger partial charge on any atom is 0.255 e. The highest BCUT2D eigenvalue weighted by Crippen LogP contribution is 2.48. The van der Waals surface area contributed by atoms with E-state index in [1.165, 1.54) is 23.6 Å². The van der Waals surface area contributed by atoms with Crippen molar-refractivity contribution >= 4 is 5.91 Å². The van der Waals surface area contributed by atoms with Crippen LogP contribution in [0.2, 0.25) is 0 Å². The van der Waals surface area contributed by atoms with Gasteiger partial charge in [-0.3, -0.25) is 9.69 Å². The summed E-state index contributed by atoms with van der Waals surface area (Å²) in [7, 11) is 0. The number of hydrogen-bond donors (Lipinski definition) is 2. The molecule has 1 saturated carbocycles. The minimum absolute atomic E-state index is 0.0662. The monoisotopic (exact) mass is 444 g/mol. The lowest BCUT2D eigenvalue weighted by atomic mass is 9.98. The summed E-state index contributed by atoms with van der Waals surface area (Å²) in [6.07, 6.45) is -0.195. The van der Waals surface area contributed by atoms with Crippen LogP contribution < -0.4 is 10.1 Å². The Bertz CT molecular complexity index is 962. The fraction of sp³-hybridized carbons (Fsp3) is 0.480. The molecule has 2 aromatic rings. The third-order valence-electron chi connectivity index (χ3n) is 6.30. The largest absolute Gasteiger partial charge is 0.493 e. The van der Waals surface area contributed by atoms with Crippen LogP contribution in [0, 0.1) is 5.92 Å². The first-order valence-corrected chi connectivity index (χ1v) is 11.1. The molecule has 3 atom stereocenters. The van der Waals surface area contributed by atoms with E-state index in [0.717, 1.165) is 31.6 Å². The molecule has 0 aromatic heterocycles. The molecule has 0 spiro atoms. The summed E-state index contributed by atoms with van der Waals surface area (Å²) in [5.74, 6) is -2.89. The predicted octanol–water partition coefficient (Wildman–Crippen LogP) is 3.84. The van der Waals surface area contributed by atoms with E-state index in [4.69, 9.17) is 4.74 Å². The number of carbonyl (C=O) groups excluding carboxylic acids is 1. The van der Waals surface area contributed by atoms with Gasteiger partial charge in [-0.2, -0.15) is 0 Å². The highest BCUT2D eigenvalue weighted by molar-refractivity contribution is 5.80. The van der Waals surface area contributed by atoms with Crippen LogP contribution in [-0.2, 0) is 24.3 Å². The van der Waals surface area contributed by atoms with E-state index in [2.05, 4.69) is 22.3 Å². The summed E-state index contributed by atoms with van der Waals surface area (Å²) in [6, 6.07) is 13.9. The number of ether oxygens (including phenoxy) is 1. The fourth-order valence-electron chi connectivity index (χ4n) is 4.05. The fourth-order valence-corrected chi connectivity index (χ4v) is 4.05. The molecule has 1 fully saturated rings. The van der Waals surface area contributed by atoms with Gasteiger partial charge in [0.15, 0.2) is 0 Å². The highest BCUT2D eigenvalue weighted by Gasteiger charge is 2.57. The van der Waals surface area contributed by atoms with Crippen LogP contribution in [0.15, 0.2) is 42.5 Å². The van der Waals surface area contributed by atoms with Gasteiger partial charge in [0.1, 0.15) is 11.9 Å². The molecule has 32 heavy (non-hydrogen) atoms. The Morgan fingerprint density at radius 2 is 1.94 bits per heavy atom. The number of alkyl halides is 2. The van der Waals surface area contributed by atoms with Gasteiger partial charge in [-0.25, -0.2) is 8.78 Å². The molecule has 5 nitrogen and oxygen atoms in total. The Morgan fingerprint density at radius 3 is 2.59 bits per heavy atom. The Balaban J connectivity index is 1.30. The first-order valence-electron chi connectivity index (χ1n) is 11.1. The van der Waals surface area contributed by atoms with Crippen molar-refractivity contribution in [2.45, 2.75) is 57.8 Å². The van der Waals surface area contributed by atoms with Crippen molar-refractivity contribution in [2.24, 2.45) is 5.92 Å². The van der Waals surface area contributed by atoms with Gasteiger partial charge in [0.2, 0.25) is 5.91 Å². The molecular formula is C25H30F2N2O3. The van der Waals surface area contributed by atoms with Crippen LogP contribution in [0.1, 0.15) is 48.6 Å². The number of nitrogens with one attached hydrogen (secondary N) is 1. The van der Waals surface area contributed by atoms with E-state index in [0.29, 0.717) is 5.75 Å². The molecule has 1 heterocycles. The van der Waals surface area contributed by atoms with Gasteiger partial charge in [0.25, 0.3) is 5.92 Å². The molecule has 7 heteroatoms. The molecule has 2 aromatic carbocycles. The molecule has 2 N–H and O–H groups in total. The molecule has 1 aliphatic heterocycles. The summed E-state index contributed by atoms with van der Waals surface area (Å²) in [6.45, 7) is 5.99. The van der Waals surface area contributed by atoms with E-state index < -0.39 is 17.9 Å². The zero-order valence-corrected chi connectivity index (χ0v) is 18.5. The van der Waals surface area contributed by atoms with E-state index in [9.17, 15) is 18.7 Å². The quantitative estimate of drug-likeness (QED) is 0.650. The van der Waals surface area contributed by atoms with Crippen LogP contribution in [0.3, 0.4) is 0 Å². The van der Waals surface area contributed by atoms with Crippen molar-refractivity contribution in [3.8, 4) is 5.75 Å². The first-order chi connectivity index (χ1) is 15.2. The standard InChI is InChI=1S/C25H30F2N2O3/c1-16(28-24(31)17(2)30)19-5-3-18(4-6-19)13-29-10-9-20-11-23(8-7-21(20)14-29)32-15-22-12-25(22,26)27/h3-8,11,16-17,22,30H,9-10,12-15H2,1-2H3,(H,28,31)/t16-,17?,22-/m0/s1. The Hall–Kier alpha value is -2.51. The number of carbonyl (C=O) groups is 1. The van der Waals surface area contributed by atoms with Crippen molar-refractivity contribution in [1.82, 2.24) is 10.2 Å². The van der Waals surface area contributed by atoms with Gasteiger partial charge in [-0.15, -0.1) is 0 Å². The van der Waals surface area contributed by atoms with E-state index in [-0.39, 0.29) is 25.0 Å². The topological polar surface area (TPSA) is 61.8 Å². The zero-order valence-electron chi connectivity index (χ0n) is 18.5. The van der Waals surface area contributed by atoms with Crippen molar-refractivity contribution in [3.63, 3.8) is 0 Å². The Kier molecular flexibility index (Phi) is 6.49. The number of aliphatic hydroxyl groups excluding tert-OH is 1.